The molecule has 2 heterocycles. The van der Waals surface area contributed by atoms with Crippen molar-refractivity contribution in [2.75, 3.05) is 65.0 Å². The quantitative estimate of drug-likeness (QED) is 0.482. The predicted molar refractivity (Wildman–Crippen MR) is 107 cm³/mol. The van der Waals surface area contributed by atoms with Gasteiger partial charge in [0, 0.05) is 23.8 Å². The van der Waals surface area contributed by atoms with Crippen LogP contribution >= 0.6 is 10.7 Å². The van der Waals surface area contributed by atoms with Gasteiger partial charge in [0.15, 0.2) is 0 Å². The van der Waals surface area contributed by atoms with Gasteiger partial charge >= 0.3 is 0 Å². The van der Waals surface area contributed by atoms with Gasteiger partial charge in [-0.05, 0) is 51.9 Å². The number of hydrogen-bond acceptors (Lipinski definition) is 8. The van der Waals surface area contributed by atoms with Crippen LogP contribution in [0, 0.1) is 0 Å². The summed E-state index contributed by atoms with van der Waals surface area (Å²) in [6.45, 7) is 6.76. The zero-order valence-corrected chi connectivity index (χ0v) is 17.5. The lowest BCUT2D eigenvalue weighted by molar-refractivity contribution is 0.221. The maximum Gasteiger partial charge on any atom is 0.264 e. The van der Waals surface area contributed by atoms with E-state index in [1.807, 2.05) is 0 Å². The SMILES string of the molecule is C.CS(=O)(=O)Cl.CS(=O)(=O)OCCN1CCCC1.OCCN1CCCC1. The minimum absolute atomic E-state index is 0. The van der Waals surface area contributed by atoms with Gasteiger partial charge < -0.3 is 14.9 Å². The number of halogens is 1. The highest BCUT2D eigenvalue weighted by molar-refractivity contribution is 8.13. The van der Waals surface area contributed by atoms with Gasteiger partial charge in [-0.3, -0.25) is 4.18 Å². The Balaban J connectivity index is 0. The summed E-state index contributed by atoms with van der Waals surface area (Å²) in [4.78, 5) is 4.51. The molecular weight excluding hydrogens is 404 g/mol. The van der Waals surface area contributed by atoms with Crippen molar-refractivity contribution in [1.82, 2.24) is 9.80 Å². The second kappa shape index (κ2) is 15.0. The van der Waals surface area contributed by atoms with Crippen LogP contribution in [-0.2, 0) is 23.4 Å². The third-order valence-corrected chi connectivity index (χ3v) is 4.11. The fraction of sp³-hybridized carbons (Fsp3) is 1.00. The van der Waals surface area contributed by atoms with E-state index in [1.165, 1.54) is 38.8 Å². The Morgan fingerprint density at radius 1 is 0.885 bits per heavy atom. The van der Waals surface area contributed by atoms with Crippen molar-refractivity contribution in [3.8, 4) is 0 Å². The monoisotopic (exact) mass is 438 g/mol. The number of β-amino-alcohol motifs (C(OH)–C–C–N with tert-alkyl or cyclic N) is 1. The highest BCUT2D eigenvalue weighted by Crippen LogP contribution is 2.06. The Bertz CT molecular complexity index is 522. The molecule has 0 spiro atoms. The molecule has 2 aliphatic rings. The molecule has 160 valence electrons. The topological polar surface area (TPSA) is 104 Å². The van der Waals surface area contributed by atoms with Gasteiger partial charge in [-0.2, -0.15) is 8.42 Å². The van der Waals surface area contributed by atoms with Gasteiger partial charge in [0.05, 0.1) is 25.7 Å². The summed E-state index contributed by atoms with van der Waals surface area (Å²) in [5.74, 6) is 0. The van der Waals surface area contributed by atoms with Gasteiger partial charge in [0.1, 0.15) is 0 Å². The molecule has 0 unspecified atom stereocenters. The van der Waals surface area contributed by atoms with Gasteiger partial charge in [0.25, 0.3) is 10.1 Å². The maximum absolute atomic E-state index is 10.6. The number of nitrogens with zero attached hydrogens (tertiary/aromatic N) is 2. The number of aliphatic hydroxyl groups is 1. The summed E-state index contributed by atoms with van der Waals surface area (Å²) in [6, 6.07) is 0. The van der Waals surface area contributed by atoms with Gasteiger partial charge in [-0.25, -0.2) is 8.42 Å². The van der Waals surface area contributed by atoms with Crippen molar-refractivity contribution in [2.24, 2.45) is 0 Å². The van der Waals surface area contributed by atoms with Crippen molar-refractivity contribution < 1.29 is 26.1 Å². The van der Waals surface area contributed by atoms with E-state index in [2.05, 4.69) is 24.7 Å². The van der Waals surface area contributed by atoms with Crippen LogP contribution in [-0.4, -0.2) is 96.7 Å². The standard InChI is InChI=1S/C7H15NO3S.C6H13NO.CH3ClO2S.CH4/c1-12(9,10)11-7-6-8-4-2-3-5-8;8-6-5-7-3-1-2-4-7;1-5(2,3)4;/h2-7H2,1H3;8H,1-6H2;1H3;1H4. The average molecular weight is 439 g/mol. The Kier molecular flexibility index (Phi) is 16.3. The second-order valence-corrected chi connectivity index (χ2v) is 10.7. The van der Waals surface area contributed by atoms with Crippen molar-refractivity contribution in [2.45, 2.75) is 33.1 Å². The zero-order valence-electron chi connectivity index (χ0n) is 15.1. The van der Waals surface area contributed by atoms with E-state index in [4.69, 9.17) is 5.11 Å². The first kappa shape index (κ1) is 28.2. The van der Waals surface area contributed by atoms with Crippen molar-refractivity contribution in [1.29, 1.82) is 0 Å². The molecule has 2 saturated heterocycles. The molecule has 8 nitrogen and oxygen atoms in total. The lowest BCUT2D eigenvalue weighted by atomic mass is 10.4. The van der Waals surface area contributed by atoms with Crippen molar-refractivity contribution in [3.05, 3.63) is 0 Å². The first-order valence-corrected chi connectivity index (χ1v) is 12.8. The zero-order chi connectivity index (χ0) is 19.3. The fourth-order valence-electron chi connectivity index (χ4n) is 2.47. The average Bonchev–Trinajstić information content (AvgIpc) is 3.09. The normalized spacial score (nSPS) is 18.3. The van der Waals surface area contributed by atoms with Crippen molar-refractivity contribution in [3.63, 3.8) is 0 Å². The largest absolute Gasteiger partial charge is 0.395 e. The summed E-state index contributed by atoms with van der Waals surface area (Å²) in [5, 5.41) is 8.48. The summed E-state index contributed by atoms with van der Waals surface area (Å²) in [7, 11) is -1.93. The Labute approximate surface area is 164 Å². The van der Waals surface area contributed by atoms with Crippen LogP contribution < -0.4 is 0 Å². The van der Waals surface area contributed by atoms with E-state index in [0.717, 1.165) is 38.7 Å². The van der Waals surface area contributed by atoms with Gasteiger partial charge in [-0.15, -0.1) is 0 Å². The Morgan fingerprint density at radius 3 is 1.54 bits per heavy atom. The molecule has 0 atom stereocenters. The first-order valence-electron chi connectivity index (χ1n) is 8.31. The minimum Gasteiger partial charge on any atom is -0.395 e. The molecule has 11 heteroatoms. The van der Waals surface area contributed by atoms with E-state index in [9.17, 15) is 16.8 Å². The minimum atomic E-state index is -3.24. The summed E-state index contributed by atoms with van der Waals surface area (Å²) < 4.78 is 44.5. The van der Waals surface area contributed by atoms with Crippen LogP contribution in [0.15, 0.2) is 0 Å². The molecule has 0 aromatic heterocycles. The number of rotatable bonds is 6. The molecule has 0 aliphatic carbocycles. The Morgan fingerprint density at radius 2 is 1.23 bits per heavy atom. The molecule has 0 aromatic carbocycles. The third-order valence-electron chi connectivity index (χ3n) is 3.52. The number of aliphatic hydroxyl groups excluding tert-OH is 1. The van der Waals surface area contributed by atoms with E-state index in [1.54, 1.807) is 0 Å². The molecule has 0 amide bonds. The lowest BCUT2D eigenvalue weighted by Gasteiger charge is -2.12. The predicted octanol–water partition coefficient (Wildman–Crippen LogP) is 0.954. The summed E-state index contributed by atoms with van der Waals surface area (Å²) >= 11 is 0. The summed E-state index contributed by atoms with van der Waals surface area (Å²) in [5.41, 5.74) is 0. The third kappa shape index (κ3) is 22.1. The smallest absolute Gasteiger partial charge is 0.264 e. The molecule has 0 aromatic rings. The molecular formula is C15H35ClN2O6S2. The van der Waals surface area contributed by atoms with Crippen LogP contribution in [0.1, 0.15) is 33.1 Å². The molecule has 2 fully saturated rings. The van der Waals surface area contributed by atoms with Crippen molar-refractivity contribution >= 4 is 29.9 Å². The van der Waals surface area contributed by atoms with E-state index in [0.29, 0.717) is 13.2 Å². The van der Waals surface area contributed by atoms with E-state index >= 15 is 0 Å². The molecule has 2 rings (SSSR count). The molecule has 0 saturated carbocycles. The maximum atomic E-state index is 10.6. The number of likely N-dealkylation sites (tertiary alicyclic amines) is 2. The highest BCUT2D eigenvalue weighted by atomic mass is 35.7. The second-order valence-electron chi connectivity index (χ2n) is 6.03. The van der Waals surface area contributed by atoms with Gasteiger partial charge in [-0.1, -0.05) is 7.43 Å². The highest BCUT2D eigenvalue weighted by Gasteiger charge is 2.11. The van der Waals surface area contributed by atoms with E-state index < -0.39 is 19.2 Å². The van der Waals surface area contributed by atoms with Crippen LogP contribution in [0.5, 0.6) is 0 Å². The molecule has 0 bridgehead atoms. The van der Waals surface area contributed by atoms with Crippen LogP contribution in [0.2, 0.25) is 0 Å². The number of hydrogen-bond donors (Lipinski definition) is 1. The van der Waals surface area contributed by atoms with E-state index in [-0.39, 0.29) is 7.43 Å². The summed E-state index contributed by atoms with van der Waals surface area (Å²) in [6.07, 6.45) is 7.09. The van der Waals surface area contributed by atoms with Crippen LogP contribution in [0.3, 0.4) is 0 Å². The van der Waals surface area contributed by atoms with Crippen LogP contribution in [0.4, 0.5) is 0 Å². The first-order chi connectivity index (χ1) is 11.5. The molecule has 0 radical (unpaired) electrons. The molecule has 26 heavy (non-hydrogen) atoms. The van der Waals surface area contributed by atoms with Crippen LogP contribution in [0.25, 0.3) is 0 Å². The molecule has 2 aliphatic heterocycles. The lowest BCUT2D eigenvalue weighted by Crippen LogP contribution is -2.24. The molecule has 1 N–H and O–H groups in total. The Hall–Kier alpha value is 0.0300. The fourth-order valence-corrected chi connectivity index (χ4v) is 2.85. The van der Waals surface area contributed by atoms with Gasteiger partial charge in [0.2, 0.25) is 9.05 Å².